The highest BCUT2D eigenvalue weighted by Crippen LogP contribution is 2.19. The van der Waals surface area contributed by atoms with Gasteiger partial charge < -0.3 is 20.2 Å². The van der Waals surface area contributed by atoms with Gasteiger partial charge >= 0.3 is 0 Å². The zero-order chi connectivity index (χ0) is 22.2. The van der Waals surface area contributed by atoms with Crippen molar-refractivity contribution in [3.8, 4) is 23.7 Å². The van der Waals surface area contributed by atoms with Crippen LogP contribution in [0.5, 0.6) is 0 Å². The smallest absolute Gasteiger partial charge is 0.268 e. The fourth-order valence-electron chi connectivity index (χ4n) is 2.67. The number of aliphatic hydroxyl groups excluding tert-OH is 1. The van der Waals surface area contributed by atoms with Crippen LogP contribution in [0.4, 0.5) is 0 Å². The molecular formula is C23H23N3O5. The highest BCUT2D eigenvalue weighted by Gasteiger charge is 2.25. The second-order valence-electron chi connectivity index (χ2n) is 7.17. The van der Waals surface area contributed by atoms with Gasteiger partial charge in [-0.25, -0.2) is 5.48 Å². The van der Waals surface area contributed by atoms with Crippen molar-refractivity contribution < 1.29 is 24.3 Å². The van der Waals surface area contributed by atoms with E-state index in [1.54, 1.807) is 12.1 Å². The molecule has 1 aromatic carbocycles. The second kappa shape index (κ2) is 10.5. The molecule has 0 spiro atoms. The van der Waals surface area contributed by atoms with Crippen molar-refractivity contribution in [3.63, 3.8) is 0 Å². The van der Waals surface area contributed by atoms with Crippen LogP contribution in [0.1, 0.15) is 47.2 Å². The third-order valence-corrected chi connectivity index (χ3v) is 4.57. The van der Waals surface area contributed by atoms with Gasteiger partial charge in [0.15, 0.2) is 5.76 Å². The molecule has 8 heteroatoms. The zero-order valence-electron chi connectivity index (χ0n) is 16.9. The van der Waals surface area contributed by atoms with Crippen molar-refractivity contribution in [2.75, 3.05) is 0 Å². The minimum atomic E-state index is -1.28. The highest BCUT2D eigenvalue weighted by molar-refractivity contribution is 5.97. The molecule has 1 saturated carbocycles. The number of carbonyl (C=O) groups is 2. The normalized spacial score (nSPS) is 14.3. The van der Waals surface area contributed by atoms with Gasteiger partial charge in [-0.15, -0.1) is 0 Å². The molecule has 0 saturated heterocycles. The van der Waals surface area contributed by atoms with Crippen LogP contribution in [-0.2, 0) is 11.3 Å². The first-order valence-electron chi connectivity index (χ1n) is 9.83. The molecule has 2 aromatic rings. The summed E-state index contributed by atoms with van der Waals surface area (Å²) in [6, 6.07) is 9.39. The van der Waals surface area contributed by atoms with Crippen LogP contribution < -0.4 is 16.1 Å². The number of hydroxylamine groups is 1. The van der Waals surface area contributed by atoms with E-state index < -0.39 is 24.0 Å². The van der Waals surface area contributed by atoms with Gasteiger partial charge in [0.05, 0.1) is 12.6 Å². The first-order valence-corrected chi connectivity index (χ1v) is 9.83. The van der Waals surface area contributed by atoms with Crippen LogP contribution in [0.2, 0.25) is 0 Å². The minimum absolute atomic E-state index is 0.274. The Kier molecular flexibility index (Phi) is 7.47. The molecule has 1 heterocycles. The first-order chi connectivity index (χ1) is 15.0. The number of amides is 2. The van der Waals surface area contributed by atoms with E-state index in [2.05, 4.69) is 34.3 Å². The van der Waals surface area contributed by atoms with Crippen molar-refractivity contribution >= 4 is 11.8 Å². The van der Waals surface area contributed by atoms with Crippen LogP contribution in [0, 0.1) is 23.7 Å². The molecule has 1 fully saturated rings. The van der Waals surface area contributed by atoms with Gasteiger partial charge in [0.1, 0.15) is 11.8 Å². The summed E-state index contributed by atoms with van der Waals surface area (Å²) in [6.07, 6.45) is 1.26. The Hall–Kier alpha value is -3.56. The van der Waals surface area contributed by atoms with Crippen LogP contribution in [0.3, 0.4) is 0 Å². The fraction of sp³-hybridized carbons (Fsp3) is 0.304. The van der Waals surface area contributed by atoms with Crippen molar-refractivity contribution in [1.29, 1.82) is 0 Å². The Morgan fingerprint density at radius 2 is 1.84 bits per heavy atom. The molecule has 2 amide bonds. The fourth-order valence-corrected chi connectivity index (χ4v) is 2.67. The maximum absolute atomic E-state index is 12.2. The Morgan fingerprint density at radius 3 is 2.48 bits per heavy atom. The molecule has 31 heavy (non-hydrogen) atoms. The Labute approximate surface area is 180 Å². The number of benzene rings is 1. The van der Waals surface area contributed by atoms with Crippen molar-refractivity contribution in [2.45, 2.75) is 44.5 Å². The number of carbonyl (C=O) groups excluding carboxylic acids is 2. The quantitative estimate of drug-likeness (QED) is 0.257. The molecule has 2 unspecified atom stereocenters. The molecule has 3 rings (SSSR count). The molecular weight excluding hydrogens is 398 g/mol. The number of aliphatic hydroxyl groups is 1. The van der Waals surface area contributed by atoms with E-state index in [0.717, 1.165) is 5.76 Å². The summed E-state index contributed by atoms with van der Waals surface area (Å²) in [4.78, 5) is 23.8. The lowest BCUT2D eigenvalue weighted by Crippen LogP contribution is -2.51. The lowest BCUT2D eigenvalue weighted by atomic mass is 10.1. The average Bonchev–Trinajstić information content (AvgIpc) is 3.50. The third-order valence-electron chi connectivity index (χ3n) is 4.57. The van der Waals surface area contributed by atoms with Crippen molar-refractivity contribution in [1.82, 2.24) is 16.1 Å². The predicted octanol–water partition coefficient (Wildman–Crippen LogP) is 0.919. The molecule has 160 valence electrons. The van der Waals surface area contributed by atoms with Gasteiger partial charge in [0.25, 0.3) is 11.8 Å². The number of rotatable bonds is 7. The van der Waals surface area contributed by atoms with E-state index in [-0.39, 0.29) is 5.56 Å². The SMILES string of the molecule is CC(O)C(NC(=O)c1ccc(C#CC#Cc2ccc(CNC3CC3)o2)cc1)C(=O)NO. The first kappa shape index (κ1) is 22.1. The predicted molar refractivity (Wildman–Crippen MR) is 112 cm³/mol. The average molecular weight is 421 g/mol. The summed E-state index contributed by atoms with van der Waals surface area (Å²) in [5.74, 6) is 11.1. The Balaban J connectivity index is 1.55. The summed E-state index contributed by atoms with van der Waals surface area (Å²) in [6.45, 7) is 2.02. The van der Waals surface area contributed by atoms with E-state index in [1.807, 2.05) is 12.1 Å². The number of furan rings is 1. The lowest BCUT2D eigenvalue weighted by molar-refractivity contribution is -0.133. The van der Waals surface area contributed by atoms with Crippen LogP contribution in [0.15, 0.2) is 40.8 Å². The minimum Gasteiger partial charge on any atom is -0.451 e. The molecule has 0 bridgehead atoms. The molecule has 8 nitrogen and oxygen atoms in total. The number of nitrogens with one attached hydrogen (secondary N) is 3. The topological polar surface area (TPSA) is 124 Å². The summed E-state index contributed by atoms with van der Waals surface area (Å²) < 4.78 is 5.62. The van der Waals surface area contributed by atoms with Gasteiger partial charge in [0.2, 0.25) is 0 Å². The van der Waals surface area contributed by atoms with E-state index in [9.17, 15) is 14.7 Å². The molecule has 0 radical (unpaired) electrons. The molecule has 1 aliphatic rings. The zero-order valence-corrected chi connectivity index (χ0v) is 16.9. The molecule has 5 N–H and O–H groups in total. The summed E-state index contributed by atoms with van der Waals surface area (Å²) in [7, 11) is 0. The molecule has 1 aliphatic carbocycles. The standard InChI is InChI=1S/C23H23N3O5/c1-15(27)21(23(29)26-30)25-22(28)17-8-6-16(7-9-17)4-2-3-5-19-12-13-20(31-19)14-24-18-10-11-18/h6-9,12-13,15,18,21,24,27,30H,10-11,14H2,1H3,(H,25,28)(H,26,29). The molecule has 0 aliphatic heterocycles. The van der Waals surface area contributed by atoms with E-state index in [0.29, 0.717) is 23.9 Å². The highest BCUT2D eigenvalue weighted by atomic mass is 16.5. The van der Waals surface area contributed by atoms with Gasteiger partial charge in [-0.3, -0.25) is 14.8 Å². The Bertz CT molecular complexity index is 1050. The Morgan fingerprint density at radius 1 is 1.13 bits per heavy atom. The maximum Gasteiger partial charge on any atom is 0.268 e. The van der Waals surface area contributed by atoms with Crippen LogP contribution in [-0.4, -0.2) is 40.3 Å². The summed E-state index contributed by atoms with van der Waals surface area (Å²) in [5, 5.41) is 24.0. The third kappa shape index (κ3) is 6.73. The van der Waals surface area contributed by atoms with Crippen LogP contribution >= 0.6 is 0 Å². The monoisotopic (exact) mass is 421 g/mol. The largest absolute Gasteiger partial charge is 0.451 e. The van der Waals surface area contributed by atoms with Gasteiger partial charge in [0, 0.05) is 17.2 Å². The number of hydrogen-bond donors (Lipinski definition) is 5. The van der Waals surface area contributed by atoms with Gasteiger partial charge in [-0.1, -0.05) is 5.92 Å². The summed E-state index contributed by atoms with van der Waals surface area (Å²) in [5.41, 5.74) is 2.34. The lowest BCUT2D eigenvalue weighted by Gasteiger charge is -2.19. The van der Waals surface area contributed by atoms with Crippen molar-refractivity contribution in [2.24, 2.45) is 0 Å². The summed E-state index contributed by atoms with van der Waals surface area (Å²) >= 11 is 0. The van der Waals surface area contributed by atoms with Crippen LogP contribution in [0.25, 0.3) is 0 Å². The van der Waals surface area contributed by atoms with E-state index >= 15 is 0 Å². The van der Waals surface area contributed by atoms with Gasteiger partial charge in [-0.2, -0.15) is 0 Å². The van der Waals surface area contributed by atoms with E-state index in [1.165, 1.54) is 37.4 Å². The number of hydrogen-bond acceptors (Lipinski definition) is 6. The molecule has 2 atom stereocenters. The molecule has 1 aromatic heterocycles. The maximum atomic E-state index is 12.2. The second-order valence-corrected chi connectivity index (χ2v) is 7.17. The van der Waals surface area contributed by atoms with Gasteiger partial charge in [-0.05, 0) is 73.9 Å². The van der Waals surface area contributed by atoms with Crippen molar-refractivity contribution in [3.05, 3.63) is 59.0 Å². The van der Waals surface area contributed by atoms with E-state index in [4.69, 9.17) is 9.62 Å².